The summed E-state index contributed by atoms with van der Waals surface area (Å²) in [6.45, 7) is 0. The lowest BCUT2D eigenvalue weighted by molar-refractivity contribution is 0.102. The number of hydrogen-bond donors (Lipinski definition) is 1. The van der Waals surface area contributed by atoms with Gasteiger partial charge in [-0.05, 0) is 46.7 Å². The minimum Gasteiger partial charge on any atom is -0.320 e. The number of fused-ring (bicyclic) bond motifs is 1. The highest BCUT2D eigenvalue weighted by Crippen LogP contribution is 2.20. The van der Waals surface area contributed by atoms with Gasteiger partial charge in [0.05, 0.1) is 5.69 Å². The van der Waals surface area contributed by atoms with Crippen LogP contribution in [0.15, 0.2) is 47.1 Å². The average molecular weight is 274 g/mol. The molecule has 0 bridgehead atoms. The third-order valence-electron chi connectivity index (χ3n) is 2.64. The summed E-state index contributed by atoms with van der Waals surface area (Å²) in [6, 6.07) is 11.9. The topological polar surface area (TPSA) is 68.0 Å². The molecule has 3 rings (SSSR count). The second kappa shape index (κ2) is 4.70. The second-order valence-corrected chi connectivity index (χ2v) is 4.33. The number of carbonyl (C=O) groups excluding carboxylic acids is 1. The average Bonchev–Trinajstić information content (AvgIpc) is 2.89. The van der Waals surface area contributed by atoms with E-state index in [0.717, 1.165) is 0 Å². The molecule has 0 unspecified atom stereocenters. The van der Waals surface area contributed by atoms with Crippen molar-refractivity contribution < 1.29 is 9.42 Å². The van der Waals surface area contributed by atoms with E-state index in [2.05, 4.69) is 20.3 Å². The molecule has 0 aliphatic rings. The Labute approximate surface area is 113 Å². The highest BCUT2D eigenvalue weighted by atomic mass is 35.5. The maximum atomic E-state index is 12.1. The van der Waals surface area contributed by atoms with E-state index in [9.17, 15) is 4.79 Å². The first-order valence-corrected chi connectivity index (χ1v) is 5.90. The van der Waals surface area contributed by atoms with Crippen molar-refractivity contribution in [3.8, 4) is 0 Å². The number of hydrogen-bond acceptors (Lipinski definition) is 4. The normalized spacial score (nSPS) is 10.6. The maximum Gasteiger partial charge on any atom is 0.255 e. The molecule has 3 aromatic rings. The van der Waals surface area contributed by atoms with Crippen LogP contribution >= 0.6 is 11.6 Å². The van der Waals surface area contributed by atoms with Crippen molar-refractivity contribution in [1.29, 1.82) is 0 Å². The third kappa shape index (κ3) is 2.28. The molecule has 0 atom stereocenters. The minimum atomic E-state index is -0.243. The van der Waals surface area contributed by atoms with Crippen LogP contribution in [0.3, 0.4) is 0 Å². The Morgan fingerprint density at radius 2 is 1.89 bits per heavy atom. The van der Waals surface area contributed by atoms with E-state index in [4.69, 9.17) is 11.6 Å². The van der Waals surface area contributed by atoms with Crippen LogP contribution in [0.4, 0.5) is 5.69 Å². The molecule has 2 aromatic carbocycles. The van der Waals surface area contributed by atoms with Gasteiger partial charge in [0.1, 0.15) is 5.52 Å². The van der Waals surface area contributed by atoms with Gasteiger partial charge in [-0.15, -0.1) is 0 Å². The van der Waals surface area contributed by atoms with Gasteiger partial charge in [0.15, 0.2) is 5.52 Å². The zero-order valence-corrected chi connectivity index (χ0v) is 10.4. The molecule has 94 valence electrons. The van der Waals surface area contributed by atoms with Crippen molar-refractivity contribution in [2.24, 2.45) is 0 Å². The lowest BCUT2D eigenvalue weighted by Crippen LogP contribution is -2.11. The van der Waals surface area contributed by atoms with Crippen LogP contribution in [0.1, 0.15) is 10.4 Å². The van der Waals surface area contributed by atoms with E-state index in [0.29, 0.717) is 27.3 Å². The first kappa shape index (κ1) is 11.7. The van der Waals surface area contributed by atoms with Gasteiger partial charge in [-0.3, -0.25) is 4.79 Å². The summed E-state index contributed by atoms with van der Waals surface area (Å²) in [7, 11) is 0. The molecule has 0 aliphatic carbocycles. The fourth-order valence-electron chi connectivity index (χ4n) is 1.70. The molecular weight excluding hydrogens is 266 g/mol. The number of carbonyl (C=O) groups is 1. The van der Waals surface area contributed by atoms with E-state index < -0.39 is 0 Å². The van der Waals surface area contributed by atoms with Crippen molar-refractivity contribution >= 4 is 34.2 Å². The number of anilines is 1. The van der Waals surface area contributed by atoms with Crippen LogP contribution in [-0.4, -0.2) is 16.2 Å². The molecule has 0 saturated heterocycles. The van der Waals surface area contributed by atoms with Crippen molar-refractivity contribution in [2.45, 2.75) is 0 Å². The van der Waals surface area contributed by atoms with E-state index in [1.165, 1.54) is 0 Å². The fourth-order valence-corrected chi connectivity index (χ4v) is 1.83. The molecule has 1 amide bonds. The zero-order valence-electron chi connectivity index (χ0n) is 9.63. The standard InChI is InChI=1S/C13H8ClN3O2/c14-9-6-4-8(5-7-9)13(18)15-10-2-1-3-11-12(10)17-19-16-11/h1-7H,(H,15,18). The van der Waals surface area contributed by atoms with E-state index in [1.54, 1.807) is 42.5 Å². The smallest absolute Gasteiger partial charge is 0.255 e. The molecule has 0 radical (unpaired) electrons. The summed E-state index contributed by atoms with van der Waals surface area (Å²) in [5.74, 6) is -0.243. The second-order valence-electron chi connectivity index (χ2n) is 3.90. The Kier molecular flexibility index (Phi) is 2.89. The number of nitrogens with one attached hydrogen (secondary N) is 1. The summed E-state index contributed by atoms with van der Waals surface area (Å²) in [4.78, 5) is 12.1. The number of amides is 1. The van der Waals surface area contributed by atoms with Crippen LogP contribution in [0.2, 0.25) is 5.02 Å². The predicted molar refractivity (Wildman–Crippen MR) is 71.2 cm³/mol. The van der Waals surface area contributed by atoms with E-state index >= 15 is 0 Å². The maximum absolute atomic E-state index is 12.1. The van der Waals surface area contributed by atoms with Gasteiger partial charge >= 0.3 is 0 Å². The SMILES string of the molecule is O=C(Nc1cccc2nonc12)c1ccc(Cl)cc1. The summed E-state index contributed by atoms with van der Waals surface area (Å²) in [5, 5.41) is 10.8. The molecule has 19 heavy (non-hydrogen) atoms. The van der Waals surface area contributed by atoms with E-state index in [-0.39, 0.29) is 5.91 Å². The molecule has 5 nitrogen and oxygen atoms in total. The van der Waals surface area contributed by atoms with Crippen molar-refractivity contribution in [3.63, 3.8) is 0 Å². The number of halogens is 1. The van der Waals surface area contributed by atoms with Gasteiger partial charge in [-0.25, -0.2) is 4.63 Å². The summed E-state index contributed by atoms with van der Waals surface area (Å²) < 4.78 is 4.64. The summed E-state index contributed by atoms with van der Waals surface area (Å²) in [5.41, 5.74) is 2.18. The lowest BCUT2D eigenvalue weighted by atomic mass is 10.2. The van der Waals surface area contributed by atoms with Crippen LogP contribution in [-0.2, 0) is 0 Å². The number of aromatic nitrogens is 2. The van der Waals surface area contributed by atoms with Gasteiger partial charge in [0, 0.05) is 10.6 Å². The molecular formula is C13H8ClN3O2. The lowest BCUT2D eigenvalue weighted by Gasteiger charge is -2.05. The Morgan fingerprint density at radius 1 is 1.11 bits per heavy atom. The molecule has 6 heteroatoms. The quantitative estimate of drug-likeness (QED) is 0.779. The molecule has 0 saturated carbocycles. The van der Waals surface area contributed by atoms with Gasteiger partial charge in [0.25, 0.3) is 5.91 Å². The summed E-state index contributed by atoms with van der Waals surface area (Å²) >= 11 is 5.78. The van der Waals surface area contributed by atoms with Gasteiger partial charge < -0.3 is 5.32 Å². The van der Waals surface area contributed by atoms with Crippen LogP contribution in [0.25, 0.3) is 11.0 Å². The number of rotatable bonds is 2. The Bertz CT molecular complexity index is 737. The first-order valence-electron chi connectivity index (χ1n) is 5.52. The Morgan fingerprint density at radius 3 is 2.68 bits per heavy atom. The highest BCUT2D eigenvalue weighted by molar-refractivity contribution is 6.30. The molecule has 1 N–H and O–H groups in total. The largest absolute Gasteiger partial charge is 0.320 e. The van der Waals surface area contributed by atoms with Gasteiger partial charge in [-0.1, -0.05) is 17.7 Å². The van der Waals surface area contributed by atoms with Crippen LogP contribution < -0.4 is 5.32 Å². The van der Waals surface area contributed by atoms with Crippen LogP contribution in [0.5, 0.6) is 0 Å². The highest BCUT2D eigenvalue weighted by Gasteiger charge is 2.10. The van der Waals surface area contributed by atoms with E-state index in [1.807, 2.05) is 0 Å². The number of nitrogens with zero attached hydrogens (tertiary/aromatic N) is 2. The predicted octanol–water partition coefficient (Wildman–Crippen LogP) is 3.13. The molecule has 0 spiro atoms. The number of benzene rings is 2. The monoisotopic (exact) mass is 273 g/mol. The Balaban J connectivity index is 1.90. The molecule has 1 aromatic heterocycles. The van der Waals surface area contributed by atoms with Crippen molar-refractivity contribution in [3.05, 3.63) is 53.1 Å². The molecule has 0 aliphatic heterocycles. The third-order valence-corrected chi connectivity index (χ3v) is 2.89. The minimum absolute atomic E-state index is 0.243. The fraction of sp³-hybridized carbons (Fsp3) is 0. The summed E-state index contributed by atoms with van der Waals surface area (Å²) in [6.07, 6.45) is 0. The molecule has 0 fully saturated rings. The van der Waals surface area contributed by atoms with Crippen molar-refractivity contribution in [1.82, 2.24) is 10.3 Å². The molecule has 1 heterocycles. The Hall–Kier alpha value is -2.40. The van der Waals surface area contributed by atoms with Gasteiger partial charge in [0.2, 0.25) is 0 Å². The van der Waals surface area contributed by atoms with Crippen molar-refractivity contribution in [2.75, 3.05) is 5.32 Å². The van der Waals surface area contributed by atoms with Crippen LogP contribution in [0, 0.1) is 0 Å². The zero-order chi connectivity index (χ0) is 13.2. The first-order chi connectivity index (χ1) is 9.24. The van der Waals surface area contributed by atoms with Gasteiger partial charge in [-0.2, -0.15) is 0 Å².